The maximum absolute atomic E-state index is 11.5. The van der Waals surface area contributed by atoms with Crippen LogP contribution in [0.3, 0.4) is 0 Å². The largest absolute Gasteiger partial charge is 0.545 e. The van der Waals surface area contributed by atoms with Gasteiger partial charge in [0.2, 0.25) is 0 Å². The van der Waals surface area contributed by atoms with Gasteiger partial charge in [-0.15, -0.1) is 0 Å². The number of hydrogen-bond acceptors (Lipinski definition) is 3. The fourth-order valence-corrected chi connectivity index (χ4v) is 3.02. The first kappa shape index (κ1) is 15.1. The van der Waals surface area contributed by atoms with Gasteiger partial charge in [-0.05, 0) is 34.5 Å². The first-order valence-corrected chi connectivity index (χ1v) is 7.99. The quantitative estimate of drug-likeness (QED) is 0.574. The number of nitrogens with zero attached hydrogens (tertiary/aromatic N) is 1. The van der Waals surface area contributed by atoms with Crippen molar-refractivity contribution >= 4 is 39.8 Å². The van der Waals surface area contributed by atoms with Crippen LogP contribution in [0.15, 0.2) is 72.8 Å². The predicted octanol–water partition coefficient (Wildman–Crippen LogP) is 3.92. The Kier molecular flexibility index (Phi) is 3.75. The van der Waals surface area contributed by atoms with Crippen LogP contribution in [-0.2, 0) is 0 Å². The second-order valence-corrected chi connectivity index (χ2v) is 5.80. The van der Waals surface area contributed by atoms with Crippen molar-refractivity contribution in [2.75, 3.05) is 0 Å². The van der Waals surface area contributed by atoms with E-state index in [0.717, 1.165) is 16.3 Å². The van der Waals surface area contributed by atoms with Crippen molar-refractivity contribution in [1.82, 2.24) is 4.98 Å². The number of aromatic nitrogens is 1. The molecule has 0 atom stereocenters. The fourth-order valence-electron chi connectivity index (χ4n) is 3.02. The monoisotopic (exact) mass is 324 g/mol. The van der Waals surface area contributed by atoms with Crippen molar-refractivity contribution in [3.05, 3.63) is 89.6 Å². The molecule has 0 aliphatic heterocycles. The molecule has 3 heteroatoms. The molecule has 4 aromatic rings. The summed E-state index contributed by atoms with van der Waals surface area (Å²) in [4.78, 5) is 16.0. The molecule has 0 spiro atoms. The van der Waals surface area contributed by atoms with E-state index in [2.05, 4.69) is 23.2 Å². The van der Waals surface area contributed by atoms with Gasteiger partial charge in [0, 0.05) is 10.9 Å². The van der Waals surface area contributed by atoms with Crippen molar-refractivity contribution in [3.8, 4) is 0 Å². The minimum absolute atomic E-state index is 0.156. The van der Waals surface area contributed by atoms with E-state index in [1.54, 1.807) is 24.3 Å². The molecule has 3 nitrogen and oxygen atoms in total. The second kappa shape index (κ2) is 6.21. The number of carboxylic acid groups (broad SMARTS) is 1. The summed E-state index contributed by atoms with van der Waals surface area (Å²) >= 11 is 0. The average molecular weight is 324 g/mol. The minimum atomic E-state index is -1.20. The molecule has 0 aliphatic rings. The van der Waals surface area contributed by atoms with Crippen molar-refractivity contribution in [2.24, 2.45) is 0 Å². The third-order valence-electron chi connectivity index (χ3n) is 4.21. The highest BCUT2D eigenvalue weighted by Gasteiger charge is 2.05. The number of carbonyl (C=O) groups is 1. The number of hydrogen-bond donors (Lipinski definition) is 0. The zero-order valence-electron chi connectivity index (χ0n) is 13.3. The highest BCUT2D eigenvalue weighted by Crippen LogP contribution is 2.22. The molecule has 0 radical (unpaired) electrons. The van der Waals surface area contributed by atoms with Crippen LogP contribution in [-0.4, -0.2) is 11.0 Å². The lowest BCUT2D eigenvalue weighted by Crippen LogP contribution is -2.22. The summed E-state index contributed by atoms with van der Waals surface area (Å²) in [6.07, 6.45) is 3.79. The van der Waals surface area contributed by atoms with Crippen molar-refractivity contribution in [3.63, 3.8) is 0 Å². The van der Waals surface area contributed by atoms with Gasteiger partial charge in [-0.3, -0.25) is 0 Å². The molecule has 3 aromatic carbocycles. The van der Waals surface area contributed by atoms with Crippen LogP contribution in [0.25, 0.3) is 33.8 Å². The molecule has 25 heavy (non-hydrogen) atoms. The number of para-hydroxylation sites is 1. The topological polar surface area (TPSA) is 53.0 Å². The third-order valence-corrected chi connectivity index (χ3v) is 4.21. The first-order chi connectivity index (χ1) is 12.2. The van der Waals surface area contributed by atoms with Crippen molar-refractivity contribution < 1.29 is 9.90 Å². The van der Waals surface area contributed by atoms with Gasteiger partial charge >= 0.3 is 0 Å². The molecule has 0 N–H and O–H groups in total. The summed E-state index contributed by atoms with van der Waals surface area (Å²) in [6.45, 7) is 0. The second-order valence-electron chi connectivity index (χ2n) is 5.80. The predicted molar refractivity (Wildman–Crippen MR) is 98.9 cm³/mol. The molecular formula is C22H14NO2-. The van der Waals surface area contributed by atoms with Crippen LogP contribution in [0.1, 0.15) is 21.6 Å². The SMILES string of the molecule is O=C([O-])c1cc(/C=C/c2cccc3ccccc23)nc2ccccc12. The Morgan fingerprint density at radius 2 is 1.56 bits per heavy atom. The molecule has 0 bridgehead atoms. The molecule has 1 aromatic heterocycles. The molecule has 0 saturated carbocycles. The van der Waals surface area contributed by atoms with Gasteiger partial charge in [-0.2, -0.15) is 0 Å². The molecule has 120 valence electrons. The Balaban J connectivity index is 1.82. The molecule has 1 heterocycles. The maximum Gasteiger partial charge on any atom is 0.0722 e. The number of rotatable bonds is 3. The number of carboxylic acids is 1. The zero-order valence-corrected chi connectivity index (χ0v) is 13.3. The van der Waals surface area contributed by atoms with E-state index in [-0.39, 0.29) is 5.56 Å². The summed E-state index contributed by atoms with van der Waals surface area (Å²) in [6, 6.07) is 23.0. The highest BCUT2D eigenvalue weighted by atomic mass is 16.4. The molecule has 4 rings (SSSR count). The van der Waals surface area contributed by atoms with Crippen molar-refractivity contribution in [2.45, 2.75) is 0 Å². The number of aromatic carboxylic acids is 1. The molecule has 0 fully saturated rings. The summed E-state index contributed by atoms with van der Waals surface area (Å²) in [5.74, 6) is -1.20. The zero-order chi connectivity index (χ0) is 17.2. The molecule has 0 amide bonds. The van der Waals surface area contributed by atoms with Crippen LogP contribution < -0.4 is 5.11 Å². The van der Waals surface area contributed by atoms with E-state index in [4.69, 9.17) is 0 Å². The van der Waals surface area contributed by atoms with Gasteiger partial charge in [0.1, 0.15) is 0 Å². The third kappa shape index (κ3) is 2.88. The van der Waals surface area contributed by atoms with E-state index in [1.807, 2.05) is 42.5 Å². The number of pyridine rings is 1. The summed E-state index contributed by atoms with van der Waals surface area (Å²) in [7, 11) is 0. The Bertz CT molecular complexity index is 1120. The van der Waals surface area contributed by atoms with Crippen LogP contribution in [0.5, 0.6) is 0 Å². The van der Waals surface area contributed by atoms with E-state index < -0.39 is 5.97 Å². The molecular weight excluding hydrogens is 310 g/mol. The lowest BCUT2D eigenvalue weighted by atomic mass is 10.0. The van der Waals surface area contributed by atoms with E-state index in [1.165, 1.54) is 0 Å². The summed E-state index contributed by atoms with van der Waals surface area (Å²) in [5.41, 5.74) is 2.44. The Morgan fingerprint density at radius 3 is 2.40 bits per heavy atom. The maximum atomic E-state index is 11.5. The Hall–Kier alpha value is -3.46. The molecule has 0 aliphatic carbocycles. The Morgan fingerprint density at radius 1 is 0.840 bits per heavy atom. The minimum Gasteiger partial charge on any atom is -0.545 e. The number of fused-ring (bicyclic) bond motifs is 2. The van der Waals surface area contributed by atoms with Gasteiger partial charge < -0.3 is 9.90 Å². The first-order valence-electron chi connectivity index (χ1n) is 7.99. The molecule has 0 unspecified atom stereocenters. The van der Waals surface area contributed by atoms with E-state index in [0.29, 0.717) is 16.6 Å². The molecule has 0 saturated heterocycles. The smallest absolute Gasteiger partial charge is 0.0722 e. The highest BCUT2D eigenvalue weighted by molar-refractivity contribution is 6.02. The van der Waals surface area contributed by atoms with Gasteiger partial charge in [-0.1, -0.05) is 66.7 Å². The van der Waals surface area contributed by atoms with E-state index in [9.17, 15) is 9.90 Å². The van der Waals surface area contributed by atoms with Crippen LogP contribution in [0.2, 0.25) is 0 Å². The summed E-state index contributed by atoms with van der Waals surface area (Å²) < 4.78 is 0. The van der Waals surface area contributed by atoms with E-state index >= 15 is 0 Å². The normalized spacial score (nSPS) is 11.4. The van der Waals surface area contributed by atoms with Gasteiger partial charge in [-0.25, -0.2) is 4.98 Å². The lowest BCUT2D eigenvalue weighted by molar-refractivity contribution is -0.254. The van der Waals surface area contributed by atoms with Crippen molar-refractivity contribution in [1.29, 1.82) is 0 Å². The van der Waals surface area contributed by atoms with Crippen LogP contribution >= 0.6 is 0 Å². The number of benzene rings is 3. The standard InChI is InChI=1S/C22H15NO2/c24-22(25)20-14-17(23-21-11-4-3-10-19(20)21)13-12-16-8-5-7-15-6-1-2-9-18(15)16/h1-14H,(H,24,25)/p-1/b13-12+. The fraction of sp³-hybridized carbons (Fsp3) is 0. The summed E-state index contributed by atoms with van der Waals surface area (Å²) in [5, 5.41) is 14.3. The van der Waals surface area contributed by atoms with Gasteiger partial charge in [0.15, 0.2) is 0 Å². The Labute approximate surface area is 144 Å². The van der Waals surface area contributed by atoms with Gasteiger partial charge in [0.05, 0.1) is 17.2 Å². The van der Waals surface area contributed by atoms with Crippen LogP contribution in [0, 0.1) is 0 Å². The van der Waals surface area contributed by atoms with Crippen LogP contribution in [0.4, 0.5) is 0 Å². The lowest BCUT2D eigenvalue weighted by Gasteiger charge is -2.08. The number of carbonyl (C=O) groups excluding carboxylic acids is 1. The van der Waals surface area contributed by atoms with Gasteiger partial charge in [0.25, 0.3) is 0 Å². The average Bonchev–Trinajstić information content (AvgIpc) is 2.65.